The van der Waals surface area contributed by atoms with Gasteiger partial charge in [0.25, 0.3) is 0 Å². The minimum absolute atomic E-state index is 0.136. The highest BCUT2D eigenvalue weighted by molar-refractivity contribution is 6.19. The molecule has 0 bridgehead atoms. The molecule has 224 valence electrons. The highest BCUT2D eigenvalue weighted by Gasteiger charge is 2.21. The zero-order valence-corrected chi connectivity index (χ0v) is 26.2. The molecule has 2 N–H and O–H groups in total. The summed E-state index contributed by atoms with van der Waals surface area (Å²) in [6, 6.07) is 37.0. The third-order valence-electron chi connectivity index (χ3n) is 8.85. The first-order valence-electron chi connectivity index (χ1n) is 16.1. The van der Waals surface area contributed by atoms with Gasteiger partial charge in [-0.15, -0.1) is 0 Å². The van der Waals surface area contributed by atoms with Gasteiger partial charge in [0.1, 0.15) is 6.17 Å². The van der Waals surface area contributed by atoms with Crippen molar-refractivity contribution in [2.24, 2.45) is 5.92 Å². The van der Waals surface area contributed by atoms with Crippen LogP contribution in [0.2, 0.25) is 0 Å². The number of allylic oxidation sites excluding steroid dienone is 12. The SMILES string of the molecule is C=C(/C=C\C=C/C)NC(Nc1ccc(-c2c3ccccc3c(C3=CCC4C=CC=CC4=C3)c3ccccc23)cc1)c1ccccc1. The van der Waals surface area contributed by atoms with Gasteiger partial charge in [-0.1, -0.05) is 152 Å². The maximum absolute atomic E-state index is 4.22. The second-order valence-corrected chi connectivity index (χ2v) is 11.9. The Morgan fingerprint density at radius 3 is 2.09 bits per heavy atom. The lowest BCUT2D eigenvalue weighted by molar-refractivity contribution is 0.682. The lowest BCUT2D eigenvalue weighted by atomic mass is 9.80. The summed E-state index contributed by atoms with van der Waals surface area (Å²) in [5.74, 6) is 0.474. The van der Waals surface area contributed by atoms with Crippen LogP contribution in [0.15, 0.2) is 182 Å². The zero-order chi connectivity index (χ0) is 31.3. The van der Waals surface area contributed by atoms with Gasteiger partial charge in [-0.25, -0.2) is 0 Å². The van der Waals surface area contributed by atoms with Crippen molar-refractivity contribution < 1.29 is 0 Å². The molecule has 2 heteroatoms. The Kier molecular flexibility index (Phi) is 8.34. The van der Waals surface area contributed by atoms with Crippen molar-refractivity contribution in [3.8, 4) is 11.1 Å². The molecule has 7 rings (SSSR count). The molecule has 0 aromatic heterocycles. The van der Waals surface area contributed by atoms with Crippen LogP contribution in [0.5, 0.6) is 0 Å². The molecule has 2 aliphatic rings. The van der Waals surface area contributed by atoms with Gasteiger partial charge in [-0.3, -0.25) is 0 Å². The Morgan fingerprint density at radius 2 is 1.41 bits per heavy atom. The highest BCUT2D eigenvalue weighted by Crippen LogP contribution is 2.44. The molecule has 0 radical (unpaired) electrons. The van der Waals surface area contributed by atoms with E-state index in [1.165, 1.54) is 49.4 Å². The third-order valence-corrected chi connectivity index (χ3v) is 8.85. The van der Waals surface area contributed by atoms with Crippen LogP contribution in [-0.2, 0) is 0 Å². The van der Waals surface area contributed by atoms with E-state index < -0.39 is 0 Å². The van der Waals surface area contributed by atoms with Crippen molar-refractivity contribution in [2.75, 3.05) is 5.32 Å². The molecular formula is C44H38N2. The molecule has 2 aliphatic carbocycles. The number of hydrogen-bond acceptors (Lipinski definition) is 2. The second kappa shape index (κ2) is 13.2. The summed E-state index contributed by atoms with van der Waals surface area (Å²) in [5, 5.41) is 12.4. The fraction of sp³-hybridized carbons (Fsp3) is 0.0909. The van der Waals surface area contributed by atoms with E-state index in [9.17, 15) is 0 Å². The van der Waals surface area contributed by atoms with Gasteiger partial charge in [-0.2, -0.15) is 0 Å². The van der Waals surface area contributed by atoms with Gasteiger partial charge in [0.15, 0.2) is 0 Å². The predicted octanol–water partition coefficient (Wildman–Crippen LogP) is 11.5. The van der Waals surface area contributed by atoms with Gasteiger partial charge in [0.05, 0.1) is 0 Å². The van der Waals surface area contributed by atoms with Crippen LogP contribution >= 0.6 is 0 Å². The number of fused-ring (bicyclic) bond motifs is 3. The fourth-order valence-electron chi connectivity index (χ4n) is 6.65. The van der Waals surface area contributed by atoms with Crippen LogP contribution in [0.25, 0.3) is 38.2 Å². The topological polar surface area (TPSA) is 24.1 Å². The summed E-state index contributed by atoms with van der Waals surface area (Å²) in [7, 11) is 0. The highest BCUT2D eigenvalue weighted by atomic mass is 15.1. The first-order chi connectivity index (χ1) is 22.7. The maximum Gasteiger partial charge on any atom is 0.123 e. The normalized spacial score (nSPS) is 16.4. The monoisotopic (exact) mass is 594 g/mol. The number of rotatable bonds is 9. The lowest BCUT2D eigenvalue weighted by Gasteiger charge is -2.24. The van der Waals surface area contributed by atoms with E-state index in [1.807, 2.05) is 37.3 Å². The molecule has 46 heavy (non-hydrogen) atoms. The predicted molar refractivity (Wildman–Crippen MR) is 198 cm³/mol. The Morgan fingerprint density at radius 1 is 0.761 bits per heavy atom. The first kappa shape index (κ1) is 29.1. The molecule has 0 amide bonds. The van der Waals surface area contributed by atoms with Gasteiger partial charge in [-0.05, 0) is 86.5 Å². The molecule has 2 unspecified atom stereocenters. The van der Waals surface area contributed by atoms with E-state index in [4.69, 9.17) is 0 Å². The average Bonchev–Trinajstić information content (AvgIpc) is 3.11. The minimum atomic E-state index is -0.136. The zero-order valence-electron chi connectivity index (χ0n) is 26.2. The van der Waals surface area contributed by atoms with E-state index in [0.717, 1.165) is 23.4 Å². The molecule has 0 saturated carbocycles. The molecule has 0 aliphatic heterocycles. The van der Waals surface area contributed by atoms with Crippen molar-refractivity contribution >= 4 is 32.8 Å². The van der Waals surface area contributed by atoms with E-state index in [1.54, 1.807) is 0 Å². The van der Waals surface area contributed by atoms with Crippen molar-refractivity contribution in [1.29, 1.82) is 0 Å². The van der Waals surface area contributed by atoms with Gasteiger partial charge in [0.2, 0.25) is 0 Å². The van der Waals surface area contributed by atoms with Crippen molar-refractivity contribution in [3.63, 3.8) is 0 Å². The Labute approximate surface area is 272 Å². The summed E-state index contributed by atoms with van der Waals surface area (Å²) >= 11 is 0. The minimum Gasteiger partial charge on any atom is -0.362 e. The van der Waals surface area contributed by atoms with E-state index in [-0.39, 0.29) is 6.17 Å². The van der Waals surface area contributed by atoms with Crippen molar-refractivity contribution in [3.05, 3.63) is 193 Å². The van der Waals surface area contributed by atoms with Crippen molar-refractivity contribution in [1.82, 2.24) is 5.32 Å². The van der Waals surface area contributed by atoms with E-state index in [0.29, 0.717) is 5.92 Å². The molecule has 0 heterocycles. The fourth-order valence-corrected chi connectivity index (χ4v) is 6.65. The molecule has 2 atom stereocenters. The lowest BCUT2D eigenvalue weighted by Crippen LogP contribution is -2.26. The number of benzene rings is 5. The Balaban J connectivity index is 1.27. The van der Waals surface area contributed by atoms with Gasteiger partial charge in [0, 0.05) is 17.3 Å². The van der Waals surface area contributed by atoms with Gasteiger partial charge >= 0.3 is 0 Å². The summed E-state index contributed by atoms with van der Waals surface area (Å²) in [5.41, 5.74) is 9.49. The van der Waals surface area contributed by atoms with Crippen LogP contribution in [0.3, 0.4) is 0 Å². The summed E-state index contributed by atoms with van der Waals surface area (Å²) in [6.07, 6.45) is 22.6. The largest absolute Gasteiger partial charge is 0.362 e. The standard InChI is InChI=1S/C44H38N2/c1-3-4-6-15-31(2)45-44(34-17-7-5-8-18-34)46-37-28-26-33(27-29-37)42-38-20-11-13-22-40(38)43(41-23-14-12-21-39(41)42)36-25-24-32-16-9-10-19-35(32)30-36/h3-23,25-30,32,44-46H,2,24H2,1H3/b4-3-,15-6-. The van der Waals surface area contributed by atoms with Crippen molar-refractivity contribution in [2.45, 2.75) is 19.5 Å². The molecule has 5 aromatic rings. The van der Waals surface area contributed by atoms with Gasteiger partial charge < -0.3 is 10.6 Å². The molecule has 0 spiro atoms. The van der Waals surface area contributed by atoms with Crippen LogP contribution in [0.4, 0.5) is 5.69 Å². The summed E-state index contributed by atoms with van der Waals surface area (Å²) in [4.78, 5) is 0. The van der Waals surface area contributed by atoms with E-state index >= 15 is 0 Å². The van der Waals surface area contributed by atoms with Crippen LogP contribution in [-0.4, -0.2) is 0 Å². The second-order valence-electron chi connectivity index (χ2n) is 11.9. The molecular weight excluding hydrogens is 556 g/mol. The summed E-state index contributed by atoms with van der Waals surface area (Å²) in [6.45, 7) is 6.23. The Bertz CT molecular complexity index is 2030. The number of anilines is 1. The third kappa shape index (κ3) is 5.90. The van der Waals surface area contributed by atoms with Crippen LogP contribution < -0.4 is 10.6 Å². The smallest absolute Gasteiger partial charge is 0.123 e. The average molecular weight is 595 g/mol. The molecule has 2 nitrogen and oxygen atoms in total. The Hall–Kier alpha value is -5.60. The van der Waals surface area contributed by atoms with Crippen LogP contribution in [0, 0.1) is 5.92 Å². The number of nitrogens with one attached hydrogen (secondary N) is 2. The summed E-state index contributed by atoms with van der Waals surface area (Å²) < 4.78 is 0. The molecule has 0 fully saturated rings. The molecule has 5 aromatic carbocycles. The quantitative estimate of drug-likeness (QED) is 0.101. The maximum atomic E-state index is 4.22. The molecule has 0 saturated heterocycles. The van der Waals surface area contributed by atoms with Crippen LogP contribution in [0.1, 0.15) is 30.6 Å². The number of hydrogen-bond donors (Lipinski definition) is 2. The first-order valence-corrected chi connectivity index (χ1v) is 16.1. The van der Waals surface area contributed by atoms with E-state index in [2.05, 4.69) is 151 Å².